The third-order valence-corrected chi connectivity index (χ3v) is 4.77. The maximum atomic E-state index is 11.3. The van der Waals surface area contributed by atoms with E-state index >= 15 is 0 Å². The average Bonchev–Trinajstić information content (AvgIpc) is 2.73. The number of carbonyl (C=O) groups is 1. The molecule has 1 aromatic rings. The van der Waals surface area contributed by atoms with Crippen molar-refractivity contribution >= 4 is 17.2 Å². The Hall–Kier alpha value is -0.900. The third kappa shape index (κ3) is 1.86. The van der Waals surface area contributed by atoms with Crippen molar-refractivity contribution in [2.24, 2.45) is 0 Å². The number of hydrogen-bond acceptors (Lipinski definition) is 3. The van der Waals surface area contributed by atoms with E-state index in [-0.39, 0.29) is 17.4 Å². The number of aryl methyl sites for hydroxylation is 2. The van der Waals surface area contributed by atoms with E-state index in [9.17, 15) is 4.79 Å². The molecule has 0 saturated carbocycles. The summed E-state index contributed by atoms with van der Waals surface area (Å²) in [5.74, 6) is 0.178. The van der Waals surface area contributed by atoms with E-state index in [2.05, 4.69) is 31.1 Å². The van der Waals surface area contributed by atoms with Crippen LogP contribution in [-0.2, 0) is 10.2 Å². The van der Waals surface area contributed by atoms with E-state index in [0.717, 1.165) is 17.1 Å². The van der Waals surface area contributed by atoms with Crippen LogP contribution < -0.4 is 5.32 Å². The zero-order valence-corrected chi connectivity index (χ0v) is 11.1. The van der Waals surface area contributed by atoms with Gasteiger partial charge in [0.1, 0.15) is 0 Å². The molecule has 0 bridgehead atoms. The number of rotatable bonds is 2. The van der Waals surface area contributed by atoms with E-state index < -0.39 is 0 Å². The van der Waals surface area contributed by atoms with Crippen molar-refractivity contribution < 1.29 is 4.79 Å². The van der Waals surface area contributed by atoms with Gasteiger partial charge >= 0.3 is 0 Å². The molecule has 0 radical (unpaired) electrons. The number of nitrogens with one attached hydrogen (secondary N) is 1. The van der Waals surface area contributed by atoms with Gasteiger partial charge in [-0.1, -0.05) is 13.8 Å². The Morgan fingerprint density at radius 3 is 2.56 bits per heavy atom. The van der Waals surface area contributed by atoms with Gasteiger partial charge < -0.3 is 5.32 Å². The van der Waals surface area contributed by atoms with E-state index in [1.807, 2.05) is 6.92 Å². The van der Waals surface area contributed by atoms with E-state index in [4.69, 9.17) is 0 Å². The fourth-order valence-corrected chi connectivity index (χ4v) is 3.52. The molecule has 0 aromatic carbocycles. The first-order valence-corrected chi connectivity index (χ1v) is 6.47. The van der Waals surface area contributed by atoms with Crippen LogP contribution >= 0.6 is 11.3 Å². The SMILES string of the molecule is Cc1nc(C)c(C(C)(C)C2CCC(=O)N2)s1. The Balaban J connectivity index is 2.31. The molecule has 0 spiro atoms. The Labute approximate surface area is 100 Å². The summed E-state index contributed by atoms with van der Waals surface area (Å²) in [5.41, 5.74) is 1.09. The normalized spacial score (nSPS) is 21.2. The highest BCUT2D eigenvalue weighted by molar-refractivity contribution is 7.11. The second kappa shape index (κ2) is 3.84. The molecule has 1 aliphatic rings. The van der Waals surface area contributed by atoms with Crippen molar-refractivity contribution in [1.82, 2.24) is 10.3 Å². The molecule has 1 amide bonds. The number of carbonyl (C=O) groups excluding carboxylic acids is 1. The summed E-state index contributed by atoms with van der Waals surface area (Å²) in [6.07, 6.45) is 1.59. The van der Waals surface area contributed by atoms with Crippen LogP contribution in [0.1, 0.15) is 42.3 Å². The molecule has 1 atom stereocenters. The lowest BCUT2D eigenvalue weighted by molar-refractivity contribution is -0.119. The molecule has 0 aliphatic carbocycles. The molecule has 1 fully saturated rings. The summed E-state index contributed by atoms with van der Waals surface area (Å²) < 4.78 is 0. The first kappa shape index (κ1) is 11.6. The van der Waals surface area contributed by atoms with Crippen molar-refractivity contribution in [3.8, 4) is 0 Å². The summed E-state index contributed by atoms with van der Waals surface area (Å²) in [5, 5.41) is 4.17. The maximum absolute atomic E-state index is 11.3. The van der Waals surface area contributed by atoms with Crippen molar-refractivity contribution in [1.29, 1.82) is 0 Å². The van der Waals surface area contributed by atoms with Crippen molar-refractivity contribution in [2.75, 3.05) is 0 Å². The molecule has 1 aliphatic heterocycles. The summed E-state index contributed by atoms with van der Waals surface area (Å²) >= 11 is 1.75. The molecule has 16 heavy (non-hydrogen) atoms. The molecule has 2 rings (SSSR count). The molecule has 1 N–H and O–H groups in total. The molecule has 1 unspecified atom stereocenters. The number of thiazole rings is 1. The second-order valence-corrected chi connectivity index (χ2v) is 6.23. The standard InChI is InChI=1S/C12H18N2OS/c1-7-11(16-8(2)13-7)12(3,4)9-5-6-10(15)14-9/h9H,5-6H2,1-4H3,(H,14,15). The van der Waals surface area contributed by atoms with Gasteiger partial charge in [0.2, 0.25) is 5.91 Å². The molecule has 2 heterocycles. The van der Waals surface area contributed by atoms with Gasteiger partial charge in [-0.3, -0.25) is 4.79 Å². The smallest absolute Gasteiger partial charge is 0.220 e. The number of amides is 1. The van der Waals surface area contributed by atoms with Crippen LogP contribution in [-0.4, -0.2) is 16.9 Å². The fourth-order valence-electron chi connectivity index (χ4n) is 2.44. The zero-order chi connectivity index (χ0) is 11.9. The zero-order valence-electron chi connectivity index (χ0n) is 10.3. The summed E-state index contributed by atoms with van der Waals surface area (Å²) in [7, 11) is 0. The van der Waals surface area contributed by atoms with Crippen LogP contribution in [0.25, 0.3) is 0 Å². The number of nitrogens with zero attached hydrogens (tertiary/aromatic N) is 1. The highest BCUT2D eigenvalue weighted by Gasteiger charge is 2.38. The van der Waals surface area contributed by atoms with Crippen LogP contribution in [0.4, 0.5) is 0 Å². The predicted octanol–water partition coefficient (Wildman–Crippen LogP) is 2.32. The monoisotopic (exact) mass is 238 g/mol. The van der Waals surface area contributed by atoms with Crippen LogP contribution in [0.3, 0.4) is 0 Å². The number of aromatic nitrogens is 1. The van der Waals surface area contributed by atoms with E-state index in [0.29, 0.717) is 6.42 Å². The van der Waals surface area contributed by atoms with Gasteiger partial charge in [0.25, 0.3) is 0 Å². The highest BCUT2D eigenvalue weighted by atomic mass is 32.1. The van der Waals surface area contributed by atoms with Crippen molar-refractivity contribution in [3.05, 3.63) is 15.6 Å². The molecular formula is C12H18N2OS. The molecular weight excluding hydrogens is 220 g/mol. The minimum absolute atomic E-state index is 0.0117. The third-order valence-electron chi connectivity index (χ3n) is 3.36. The minimum Gasteiger partial charge on any atom is -0.352 e. The quantitative estimate of drug-likeness (QED) is 0.859. The van der Waals surface area contributed by atoms with Crippen LogP contribution in [0.15, 0.2) is 0 Å². The molecule has 4 heteroatoms. The lowest BCUT2D eigenvalue weighted by atomic mass is 9.81. The van der Waals surface area contributed by atoms with E-state index in [1.54, 1.807) is 11.3 Å². The minimum atomic E-state index is -0.0117. The van der Waals surface area contributed by atoms with Gasteiger partial charge in [0.05, 0.1) is 10.7 Å². The van der Waals surface area contributed by atoms with Gasteiger partial charge in [-0.25, -0.2) is 4.98 Å². The first-order valence-electron chi connectivity index (χ1n) is 5.65. The predicted molar refractivity (Wildman–Crippen MR) is 65.8 cm³/mol. The average molecular weight is 238 g/mol. The summed E-state index contributed by atoms with van der Waals surface area (Å²) in [6, 6.07) is 0.249. The molecule has 1 saturated heterocycles. The lowest BCUT2D eigenvalue weighted by Gasteiger charge is -2.30. The van der Waals surface area contributed by atoms with E-state index in [1.165, 1.54) is 4.88 Å². The van der Waals surface area contributed by atoms with Crippen molar-refractivity contribution in [3.63, 3.8) is 0 Å². The topological polar surface area (TPSA) is 42.0 Å². The van der Waals surface area contributed by atoms with Gasteiger partial charge in [0, 0.05) is 22.8 Å². The highest BCUT2D eigenvalue weighted by Crippen LogP contribution is 2.37. The number of hydrogen-bond donors (Lipinski definition) is 1. The molecule has 88 valence electrons. The Kier molecular flexibility index (Phi) is 2.78. The van der Waals surface area contributed by atoms with Gasteiger partial charge in [-0.15, -0.1) is 11.3 Å². The van der Waals surface area contributed by atoms with Gasteiger partial charge in [0.15, 0.2) is 0 Å². The van der Waals surface area contributed by atoms with Crippen LogP contribution in [0.2, 0.25) is 0 Å². The van der Waals surface area contributed by atoms with Gasteiger partial charge in [-0.05, 0) is 20.3 Å². The van der Waals surface area contributed by atoms with Crippen LogP contribution in [0.5, 0.6) is 0 Å². The summed E-state index contributed by atoms with van der Waals surface area (Å²) in [6.45, 7) is 8.48. The Bertz CT molecular complexity index is 423. The second-order valence-electron chi connectivity index (χ2n) is 5.03. The Morgan fingerprint density at radius 2 is 2.12 bits per heavy atom. The summed E-state index contributed by atoms with van der Waals surface area (Å²) in [4.78, 5) is 17.1. The largest absolute Gasteiger partial charge is 0.352 e. The van der Waals surface area contributed by atoms with Gasteiger partial charge in [-0.2, -0.15) is 0 Å². The molecule has 3 nitrogen and oxygen atoms in total. The fraction of sp³-hybridized carbons (Fsp3) is 0.667. The maximum Gasteiger partial charge on any atom is 0.220 e. The molecule has 1 aromatic heterocycles. The van der Waals surface area contributed by atoms with Crippen molar-refractivity contribution in [2.45, 2.75) is 52.0 Å². The Morgan fingerprint density at radius 1 is 1.44 bits per heavy atom. The first-order chi connectivity index (χ1) is 7.41. The van der Waals surface area contributed by atoms with Crippen LogP contribution in [0, 0.1) is 13.8 Å². The lowest BCUT2D eigenvalue weighted by Crippen LogP contribution is -2.41.